The van der Waals surface area contributed by atoms with Crippen molar-refractivity contribution >= 4 is 23.6 Å². The predicted molar refractivity (Wildman–Crippen MR) is 121 cm³/mol. The van der Waals surface area contributed by atoms with Gasteiger partial charge in [-0.25, -0.2) is 0 Å². The van der Waals surface area contributed by atoms with E-state index in [1.807, 2.05) is 34.9 Å². The Labute approximate surface area is 188 Å². The number of benzene rings is 1. The first-order valence-electron chi connectivity index (χ1n) is 11.0. The van der Waals surface area contributed by atoms with Crippen molar-refractivity contribution in [2.24, 2.45) is 11.8 Å². The van der Waals surface area contributed by atoms with E-state index in [1.165, 1.54) is 18.2 Å². The lowest BCUT2D eigenvalue weighted by molar-refractivity contribution is -0.142. The van der Waals surface area contributed by atoms with Crippen molar-refractivity contribution in [2.75, 3.05) is 12.4 Å². The van der Waals surface area contributed by atoms with E-state index in [0.29, 0.717) is 36.0 Å². The summed E-state index contributed by atoms with van der Waals surface area (Å²) in [6, 6.07) is 10.2. The molecule has 0 bridgehead atoms. The summed E-state index contributed by atoms with van der Waals surface area (Å²) in [4.78, 5) is 24.6. The molecule has 1 aromatic heterocycles. The van der Waals surface area contributed by atoms with Gasteiger partial charge >= 0.3 is 5.97 Å². The summed E-state index contributed by atoms with van der Waals surface area (Å²) in [7, 11) is 0. The molecule has 1 amide bonds. The third kappa shape index (κ3) is 6.56. The quantitative estimate of drug-likeness (QED) is 0.471. The van der Waals surface area contributed by atoms with Crippen LogP contribution in [-0.4, -0.2) is 45.0 Å². The Morgan fingerprint density at radius 1 is 1.19 bits per heavy atom. The molecule has 31 heavy (non-hydrogen) atoms. The lowest BCUT2D eigenvalue weighted by atomic mass is 9.78. The maximum Gasteiger partial charge on any atom is 0.313 e. The number of nitrogens with zero attached hydrogens (tertiary/aromatic N) is 3. The van der Waals surface area contributed by atoms with Gasteiger partial charge in [0.05, 0.1) is 18.9 Å². The molecule has 0 radical (unpaired) electrons. The third-order valence-electron chi connectivity index (χ3n) is 5.97. The molecule has 1 aliphatic rings. The van der Waals surface area contributed by atoms with Gasteiger partial charge in [-0.15, -0.1) is 10.2 Å². The van der Waals surface area contributed by atoms with Crippen LogP contribution >= 0.6 is 11.8 Å². The van der Waals surface area contributed by atoms with Gasteiger partial charge in [-0.2, -0.15) is 0 Å². The van der Waals surface area contributed by atoms with E-state index < -0.39 is 0 Å². The third-order valence-corrected chi connectivity index (χ3v) is 6.94. The Hall–Kier alpha value is -2.35. The fraction of sp³-hybridized carbons (Fsp3) is 0.565. The number of aromatic nitrogens is 3. The van der Waals surface area contributed by atoms with Crippen molar-refractivity contribution in [2.45, 2.75) is 64.2 Å². The van der Waals surface area contributed by atoms with Crippen LogP contribution in [0, 0.1) is 11.8 Å². The van der Waals surface area contributed by atoms with Crippen LogP contribution in [0.3, 0.4) is 0 Å². The van der Waals surface area contributed by atoms with Crippen molar-refractivity contribution < 1.29 is 14.3 Å². The highest BCUT2D eigenvalue weighted by Gasteiger charge is 2.28. The van der Waals surface area contributed by atoms with E-state index in [0.717, 1.165) is 18.4 Å². The molecule has 168 valence electrons. The van der Waals surface area contributed by atoms with E-state index in [9.17, 15) is 9.59 Å². The second-order valence-electron chi connectivity index (χ2n) is 8.18. The Kier molecular flexibility index (Phi) is 8.51. The van der Waals surface area contributed by atoms with Crippen molar-refractivity contribution in [3.63, 3.8) is 0 Å². The molecule has 3 rings (SSSR count). The van der Waals surface area contributed by atoms with Gasteiger partial charge in [-0.1, -0.05) is 68.8 Å². The lowest BCUT2D eigenvalue weighted by Crippen LogP contribution is -2.44. The average molecular weight is 445 g/mol. The standard InChI is InChI=1S/C23H32N4O3S/c1-4-30-22(29)13-20-25-26-23(27(20)14-18-10-6-5-7-11-18)31-15-21(28)24-19-12-8-9-16(2)17(19)3/h5-7,10-11,16-17,19H,4,8-9,12-15H2,1-3H3,(H,24,28)/t16-,17+,19-/m1/s1. The zero-order chi connectivity index (χ0) is 22.2. The molecule has 3 atom stereocenters. The Bertz CT molecular complexity index is 871. The maximum absolute atomic E-state index is 12.6. The molecule has 0 spiro atoms. The SMILES string of the molecule is CCOC(=O)Cc1nnc(SCC(=O)N[C@@H]2CCC[C@@H](C)[C@@H]2C)n1Cc1ccccc1. The Morgan fingerprint density at radius 2 is 1.97 bits per heavy atom. The van der Waals surface area contributed by atoms with Crippen LogP contribution in [0.2, 0.25) is 0 Å². The van der Waals surface area contributed by atoms with Gasteiger partial charge in [-0.3, -0.25) is 9.59 Å². The molecule has 1 heterocycles. The normalized spacial score (nSPS) is 20.9. The fourth-order valence-corrected chi connectivity index (χ4v) is 4.75. The maximum atomic E-state index is 12.6. The Morgan fingerprint density at radius 3 is 2.71 bits per heavy atom. The summed E-state index contributed by atoms with van der Waals surface area (Å²) < 4.78 is 6.97. The monoisotopic (exact) mass is 444 g/mol. The number of thioether (sulfide) groups is 1. The molecule has 0 aliphatic heterocycles. The highest BCUT2D eigenvalue weighted by atomic mass is 32.2. The number of ether oxygens (including phenoxy) is 1. The van der Waals surface area contributed by atoms with Crippen LogP contribution in [0.5, 0.6) is 0 Å². The molecule has 1 saturated carbocycles. The van der Waals surface area contributed by atoms with Crippen LogP contribution in [0.15, 0.2) is 35.5 Å². The van der Waals surface area contributed by atoms with E-state index in [4.69, 9.17) is 4.74 Å². The van der Waals surface area contributed by atoms with Crippen molar-refractivity contribution in [1.82, 2.24) is 20.1 Å². The smallest absolute Gasteiger partial charge is 0.313 e. The van der Waals surface area contributed by atoms with Gasteiger partial charge in [0, 0.05) is 6.04 Å². The van der Waals surface area contributed by atoms with Crippen molar-refractivity contribution in [1.29, 1.82) is 0 Å². The molecular formula is C23H32N4O3S. The first-order valence-corrected chi connectivity index (χ1v) is 12.0. The summed E-state index contributed by atoms with van der Waals surface area (Å²) in [5.41, 5.74) is 1.07. The van der Waals surface area contributed by atoms with E-state index in [-0.39, 0.29) is 30.1 Å². The summed E-state index contributed by atoms with van der Waals surface area (Å²) in [6.07, 6.45) is 3.48. The highest BCUT2D eigenvalue weighted by molar-refractivity contribution is 7.99. The topological polar surface area (TPSA) is 86.1 Å². The van der Waals surface area contributed by atoms with Crippen LogP contribution in [0.4, 0.5) is 0 Å². The molecule has 8 heteroatoms. The summed E-state index contributed by atoms with van der Waals surface area (Å²) >= 11 is 1.35. The molecule has 0 saturated heterocycles. The number of carbonyl (C=O) groups is 2. The van der Waals surface area contributed by atoms with Gasteiger partial charge in [0.1, 0.15) is 12.2 Å². The van der Waals surface area contributed by atoms with Crippen molar-refractivity contribution in [3.8, 4) is 0 Å². The van der Waals surface area contributed by atoms with Gasteiger partial charge < -0.3 is 14.6 Å². The van der Waals surface area contributed by atoms with Gasteiger partial charge in [0.15, 0.2) is 5.16 Å². The van der Waals surface area contributed by atoms with Crippen LogP contribution in [0.1, 0.15) is 51.4 Å². The van der Waals surface area contributed by atoms with Crippen molar-refractivity contribution in [3.05, 3.63) is 41.7 Å². The fourth-order valence-electron chi connectivity index (χ4n) is 3.99. The molecule has 1 aliphatic carbocycles. The predicted octanol–water partition coefficient (Wildman–Crippen LogP) is 3.47. The summed E-state index contributed by atoms with van der Waals surface area (Å²) in [5.74, 6) is 1.60. The largest absolute Gasteiger partial charge is 0.466 e. The number of nitrogens with one attached hydrogen (secondary N) is 1. The molecule has 7 nitrogen and oxygen atoms in total. The van der Waals surface area contributed by atoms with Crippen LogP contribution in [-0.2, 0) is 27.3 Å². The number of rotatable bonds is 9. The summed E-state index contributed by atoms with van der Waals surface area (Å²) in [6.45, 7) is 7.12. The molecule has 2 aromatic rings. The first kappa shape index (κ1) is 23.3. The molecule has 1 aromatic carbocycles. The first-order chi connectivity index (χ1) is 15.0. The van der Waals surface area contributed by atoms with E-state index in [1.54, 1.807) is 6.92 Å². The van der Waals surface area contributed by atoms with E-state index >= 15 is 0 Å². The minimum Gasteiger partial charge on any atom is -0.466 e. The van der Waals surface area contributed by atoms with Crippen LogP contribution < -0.4 is 5.32 Å². The zero-order valence-corrected chi connectivity index (χ0v) is 19.4. The molecule has 1 N–H and O–H groups in total. The number of hydrogen-bond acceptors (Lipinski definition) is 6. The minimum absolute atomic E-state index is 0.0113. The second-order valence-corrected chi connectivity index (χ2v) is 9.12. The van der Waals surface area contributed by atoms with Gasteiger partial charge in [0.2, 0.25) is 5.91 Å². The van der Waals surface area contributed by atoms with Gasteiger partial charge in [0.25, 0.3) is 0 Å². The van der Waals surface area contributed by atoms with E-state index in [2.05, 4.69) is 29.4 Å². The Balaban J connectivity index is 1.67. The average Bonchev–Trinajstić information content (AvgIpc) is 3.12. The number of carbonyl (C=O) groups excluding carboxylic acids is 2. The second kappa shape index (κ2) is 11.3. The zero-order valence-electron chi connectivity index (χ0n) is 18.5. The summed E-state index contributed by atoms with van der Waals surface area (Å²) in [5, 5.41) is 12.3. The minimum atomic E-state index is -0.334. The number of hydrogen-bond donors (Lipinski definition) is 1. The number of amides is 1. The molecule has 1 fully saturated rings. The van der Waals surface area contributed by atoms with Gasteiger partial charge in [-0.05, 0) is 30.7 Å². The van der Waals surface area contributed by atoms with Crippen LogP contribution in [0.25, 0.3) is 0 Å². The lowest BCUT2D eigenvalue weighted by Gasteiger charge is -2.34. The highest BCUT2D eigenvalue weighted by Crippen LogP contribution is 2.29. The molecular weight excluding hydrogens is 412 g/mol. The molecule has 0 unspecified atom stereocenters. The number of esters is 1.